The van der Waals surface area contributed by atoms with Crippen molar-refractivity contribution in [2.24, 2.45) is 0 Å². The topological polar surface area (TPSA) is 119 Å². The fourth-order valence-corrected chi connectivity index (χ4v) is 5.40. The second kappa shape index (κ2) is 10.1. The van der Waals surface area contributed by atoms with Crippen LogP contribution in [-0.2, 0) is 21.2 Å². The van der Waals surface area contributed by atoms with Crippen molar-refractivity contribution in [3.05, 3.63) is 63.7 Å². The van der Waals surface area contributed by atoms with E-state index in [4.69, 9.17) is 4.74 Å². The van der Waals surface area contributed by atoms with E-state index in [2.05, 4.69) is 5.32 Å². The lowest BCUT2D eigenvalue weighted by Crippen LogP contribution is -2.34. The molecular formula is C22H27N3O6S. The van der Waals surface area contributed by atoms with Crippen LogP contribution in [0.4, 0.5) is 5.69 Å². The first-order chi connectivity index (χ1) is 15.3. The highest BCUT2D eigenvalue weighted by Gasteiger charge is 2.27. The SMILES string of the molecule is CCN(CC)S(=O)(=O)c1ccc(OCC(=O)NC2CCCc3ccccc32)c([N+](=O)[O-])c1. The van der Waals surface area contributed by atoms with Crippen LogP contribution in [0.3, 0.4) is 0 Å². The molecule has 10 heteroatoms. The predicted octanol–water partition coefficient (Wildman–Crippen LogP) is 3.20. The van der Waals surface area contributed by atoms with E-state index >= 15 is 0 Å². The van der Waals surface area contributed by atoms with E-state index in [0.29, 0.717) is 0 Å². The van der Waals surface area contributed by atoms with Gasteiger partial charge in [0.15, 0.2) is 12.4 Å². The number of carbonyl (C=O) groups is 1. The van der Waals surface area contributed by atoms with Gasteiger partial charge in [0.05, 0.1) is 15.9 Å². The number of hydrogen-bond donors (Lipinski definition) is 1. The monoisotopic (exact) mass is 461 g/mol. The predicted molar refractivity (Wildman–Crippen MR) is 119 cm³/mol. The fraction of sp³-hybridized carbons (Fsp3) is 0.409. The molecule has 1 unspecified atom stereocenters. The Labute approximate surface area is 187 Å². The summed E-state index contributed by atoms with van der Waals surface area (Å²) in [6.45, 7) is 3.46. The van der Waals surface area contributed by atoms with Gasteiger partial charge in [-0.3, -0.25) is 14.9 Å². The maximum atomic E-state index is 12.7. The van der Waals surface area contributed by atoms with Crippen LogP contribution in [0.25, 0.3) is 0 Å². The zero-order valence-corrected chi connectivity index (χ0v) is 18.9. The van der Waals surface area contributed by atoms with Crippen LogP contribution >= 0.6 is 0 Å². The fourth-order valence-electron chi connectivity index (χ4n) is 3.92. The molecule has 9 nitrogen and oxygen atoms in total. The number of rotatable bonds is 9. The Kier molecular flexibility index (Phi) is 7.47. The van der Waals surface area contributed by atoms with E-state index in [1.807, 2.05) is 24.3 Å². The van der Waals surface area contributed by atoms with Crippen molar-refractivity contribution in [1.82, 2.24) is 9.62 Å². The number of ether oxygens (including phenoxy) is 1. The third-order valence-electron chi connectivity index (χ3n) is 5.53. The minimum Gasteiger partial charge on any atom is -0.477 e. The van der Waals surface area contributed by atoms with Crippen molar-refractivity contribution < 1.29 is 22.9 Å². The van der Waals surface area contributed by atoms with Gasteiger partial charge in [-0.05, 0) is 42.5 Å². The van der Waals surface area contributed by atoms with Gasteiger partial charge in [0.25, 0.3) is 5.91 Å². The van der Waals surface area contributed by atoms with Crippen LogP contribution in [0.2, 0.25) is 0 Å². The molecule has 0 radical (unpaired) electrons. The highest BCUT2D eigenvalue weighted by atomic mass is 32.2. The Morgan fingerprint density at radius 2 is 1.94 bits per heavy atom. The zero-order chi connectivity index (χ0) is 23.3. The van der Waals surface area contributed by atoms with Gasteiger partial charge in [-0.1, -0.05) is 38.1 Å². The molecule has 1 N–H and O–H groups in total. The smallest absolute Gasteiger partial charge is 0.312 e. The van der Waals surface area contributed by atoms with E-state index in [0.717, 1.165) is 30.9 Å². The molecule has 32 heavy (non-hydrogen) atoms. The Morgan fingerprint density at radius 3 is 2.62 bits per heavy atom. The van der Waals surface area contributed by atoms with Crippen LogP contribution in [0, 0.1) is 10.1 Å². The number of nitro groups is 1. The van der Waals surface area contributed by atoms with Crippen LogP contribution in [0.1, 0.15) is 43.9 Å². The van der Waals surface area contributed by atoms with E-state index in [1.165, 1.54) is 22.0 Å². The lowest BCUT2D eigenvalue weighted by Gasteiger charge is -2.26. The summed E-state index contributed by atoms with van der Waals surface area (Å²) < 4.78 is 32.0. The molecule has 0 saturated carbocycles. The van der Waals surface area contributed by atoms with E-state index in [1.54, 1.807) is 13.8 Å². The molecule has 172 valence electrons. The number of amides is 1. The van der Waals surface area contributed by atoms with Crippen molar-refractivity contribution in [3.8, 4) is 5.75 Å². The molecule has 0 spiro atoms. The molecule has 0 bridgehead atoms. The minimum atomic E-state index is -3.86. The van der Waals surface area contributed by atoms with E-state index in [-0.39, 0.29) is 29.8 Å². The molecule has 0 aromatic heterocycles. The summed E-state index contributed by atoms with van der Waals surface area (Å²) in [4.78, 5) is 23.1. The summed E-state index contributed by atoms with van der Waals surface area (Å²) in [7, 11) is -3.86. The number of nitro benzene ring substituents is 1. The van der Waals surface area contributed by atoms with Crippen molar-refractivity contribution >= 4 is 21.6 Å². The van der Waals surface area contributed by atoms with Crippen LogP contribution in [0.15, 0.2) is 47.4 Å². The molecular weight excluding hydrogens is 434 g/mol. The maximum Gasteiger partial charge on any atom is 0.312 e. The first-order valence-electron chi connectivity index (χ1n) is 10.6. The molecule has 1 aliphatic rings. The van der Waals surface area contributed by atoms with Crippen molar-refractivity contribution in [2.45, 2.75) is 44.0 Å². The third kappa shape index (κ3) is 5.08. The second-order valence-electron chi connectivity index (χ2n) is 7.48. The number of benzene rings is 2. The summed E-state index contributed by atoms with van der Waals surface area (Å²) in [6.07, 6.45) is 2.73. The lowest BCUT2D eigenvalue weighted by molar-refractivity contribution is -0.386. The number of hydrogen-bond acceptors (Lipinski definition) is 6. The van der Waals surface area contributed by atoms with Gasteiger partial charge in [-0.15, -0.1) is 0 Å². The van der Waals surface area contributed by atoms with Crippen LogP contribution in [0.5, 0.6) is 5.75 Å². The Hall–Kier alpha value is -2.98. The van der Waals surface area contributed by atoms with Gasteiger partial charge in [0.2, 0.25) is 10.0 Å². The molecule has 1 amide bonds. The summed E-state index contributed by atoms with van der Waals surface area (Å²) in [5, 5.41) is 14.4. The number of fused-ring (bicyclic) bond motifs is 1. The van der Waals surface area contributed by atoms with Gasteiger partial charge in [-0.2, -0.15) is 4.31 Å². The van der Waals surface area contributed by atoms with Gasteiger partial charge in [-0.25, -0.2) is 8.42 Å². The molecule has 0 heterocycles. The Balaban J connectivity index is 1.72. The number of nitrogens with one attached hydrogen (secondary N) is 1. The van der Waals surface area contributed by atoms with Gasteiger partial charge < -0.3 is 10.1 Å². The molecule has 0 aliphatic heterocycles. The van der Waals surface area contributed by atoms with Crippen molar-refractivity contribution in [2.75, 3.05) is 19.7 Å². The molecule has 1 atom stereocenters. The molecule has 2 aromatic rings. The molecule has 3 rings (SSSR count). The minimum absolute atomic E-state index is 0.132. The zero-order valence-electron chi connectivity index (χ0n) is 18.1. The molecule has 0 saturated heterocycles. The number of aryl methyl sites for hydroxylation is 1. The normalized spacial score (nSPS) is 15.8. The lowest BCUT2D eigenvalue weighted by atomic mass is 9.88. The van der Waals surface area contributed by atoms with Crippen molar-refractivity contribution in [3.63, 3.8) is 0 Å². The first-order valence-corrected chi connectivity index (χ1v) is 12.0. The Morgan fingerprint density at radius 1 is 1.22 bits per heavy atom. The highest BCUT2D eigenvalue weighted by Crippen LogP contribution is 2.32. The summed E-state index contributed by atoms with van der Waals surface area (Å²) >= 11 is 0. The quantitative estimate of drug-likeness (QED) is 0.452. The van der Waals surface area contributed by atoms with Crippen LogP contribution in [-0.4, -0.2) is 43.2 Å². The summed E-state index contributed by atoms with van der Waals surface area (Å²) in [5.74, 6) is -0.562. The van der Waals surface area contributed by atoms with E-state index < -0.39 is 33.1 Å². The number of nitrogens with zero attached hydrogens (tertiary/aromatic N) is 2. The number of sulfonamides is 1. The van der Waals surface area contributed by atoms with Crippen molar-refractivity contribution in [1.29, 1.82) is 0 Å². The largest absolute Gasteiger partial charge is 0.477 e. The van der Waals surface area contributed by atoms with Crippen LogP contribution < -0.4 is 10.1 Å². The van der Waals surface area contributed by atoms with E-state index in [9.17, 15) is 23.3 Å². The number of carbonyl (C=O) groups excluding carboxylic acids is 1. The van der Waals surface area contributed by atoms with Gasteiger partial charge in [0.1, 0.15) is 0 Å². The maximum absolute atomic E-state index is 12.7. The van der Waals surface area contributed by atoms with Gasteiger partial charge in [0, 0.05) is 19.2 Å². The standard InChI is InChI=1S/C22H27N3O6S/c1-3-24(4-2)32(29,30)17-12-13-21(20(14-17)25(27)28)31-15-22(26)23-19-11-7-9-16-8-5-6-10-18(16)19/h5-6,8,10,12-14,19H,3-4,7,9,11,15H2,1-2H3,(H,23,26). The average Bonchev–Trinajstić information content (AvgIpc) is 2.78. The Bertz CT molecular complexity index is 1100. The third-order valence-corrected chi connectivity index (χ3v) is 7.58. The molecule has 2 aromatic carbocycles. The first kappa shape index (κ1) is 23.7. The summed E-state index contributed by atoms with van der Waals surface area (Å²) in [6, 6.07) is 11.2. The average molecular weight is 462 g/mol. The molecule has 1 aliphatic carbocycles. The molecule has 0 fully saturated rings. The summed E-state index contributed by atoms with van der Waals surface area (Å²) in [5.41, 5.74) is 1.77. The second-order valence-corrected chi connectivity index (χ2v) is 9.41. The highest BCUT2D eigenvalue weighted by molar-refractivity contribution is 7.89. The van der Waals surface area contributed by atoms with Gasteiger partial charge >= 0.3 is 5.69 Å².